The van der Waals surface area contributed by atoms with Gasteiger partial charge in [-0.25, -0.2) is 4.98 Å². The van der Waals surface area contributed by atoms with Crippen LogP contribution in [0, 0.1) is 6.92 Å². The fourth-order valence-electron chi connectivity index (χ4n) is 2.70. The maximum atomic E-state index is 9.77. The second-order valence-electron chi connectivity index (χ2n) is 5.59. The van der Waals surface area contributed by atoms with Gasteiger partial charge in [-0.05, 0) is 26.9 Å². The van der Waals surface area contributed by atoms with Crippen LogP contribution in [0.2, 0.25) is 0 Å². The van der Waals surface area contributed by atoms with Crippen molar-refractivity contribution in [2.75, 3.05) is 40.4 Å². The number of oxazole rings is 1. The minimum atomic E-state index is -0.404. The molecule has 1 N–H and O–H groups in total. The van der Waals surface area contributed by atoms with E-state index >= 15 is 0 Å². The normalized spacial score (nSPS) is 21.8. The number of aryl methyl sites for hydroxylation is 1. The third kappa shape index (κ3) is 4.28. The molecule has 0 aromatic carbocycles. The maximum Gasteiger partial charge on any atom is 0.208 e. The zero-order valence-electron chi connectivity index (χ0n) is 12.6. The zero-order chi connectivity index (χ0) is 14.5. The summed E-state index contributed by atoms with van der Waals surface area (Å²) in [4.78, 5) is 8.80. The van der Waals surface area contributed by atoms with Gasteiger partial charge in [0, 0.05) is 26.2 Å². The van der Waals surface area contributed by atoms with E-state index in [1.165, 1.54) is 0 Å². The quantitative estimate of drug-likeness (QED) is 0.786. The molecule has 1 saturated heterocycles. The number of hydrogen-bond acceptors (Lipinski definition) is 6. The molecule has 20 heavy (non-hydrogen) atoms. The Morgan fingerprint density at radius 3 is 3.10 bits per heavy atom. The summed E-state index contributed by atoms with van der Waals surface area (Å²) in [5.41, 5.74) is 0. The molecule has 1 aromatic heterocycles. The number of nitrogens with zero attached hydrogens (tertiary/aromatic N) is 3. The minimum absolute atomic E-state index is 0.395. The van der Waals surface area contributed by atoms with Crippen LogP contribution in [0.3, 0.4) is 0 Å². The fraction of sp³-hybridized carbons (Fsp3) is 0.786. The van der Waals surface area contributed by atoms with Gasteiger partial charge in [-0.2, -0.15) is 0 Å². The largest absolute Gasteiger partial charge is 0.445 e. The van der Waals surface area contributed by atoms with Gasteiger partial charge in [-0.3, -0.25) is 9.80 Å². The molecule has 0 amide bonds. The molecule has 0 spiro atoms. The van der Waals surface area contributed by atoms with Crippen LogP contribution < -0.4 is 0 Å². The van der Waals surface area contributed by atoms with Crippen LogP contribution in [0.25, 0.3) is 0 Å². The van der Waals surface area contributed by atoms with E-state index in [9.17, 15) is 5.11 Å². The van der Waals surface area contributed by atoms with Crippen LogP contribution in [0.1, 0.15) is 18.1 Å². The Bertz CT molecular complexity index is 410. The fourth-order valence-corrected chi connectivity index (χ4v) is 2.70. The number of aliphatic hydroxyl groups excluding tert-OH is 1. The lowest BCUT2D eigenvalue weighted by molar-refractivity contribution is 0.0412. The Morgan fingerprint density at radius 2 is 2.45 bits per heavy atom. The number of β-amino-alcohol motifs (C(OH)–C–C–N with tert-alkyl or cyclic N) is 1. The summed E-state index contributed by atoms with van der Waals surface area (Å²) in [6.45, 7) is 5.69. The monoisotopic (exact) mass is 283 g/mol. The van der Waals surface area contributed by atoms with Crippen LogP contribution in [0.4, 0.5) is 0 Å². The van der Waals surface area contributed by atoms with Crippen LogP contribution >= 0.6 is 0 Å². The van der Waals surface area contributed by atoms with Gasteiger partial charge >= 0.3 is 0 Å². The minimum Gasteiger partial charge on any atom is -0.445 e. The number of likely N-dealkylation sites (tertiary alicyclic amines) is 1. The van der Waals surface area contributed by atoms with E-state index in [4.69, 9.17) is 9.15 Å². The lowest BCUT2D eigenvalue weighted by Crippen LogP contribution is -2.37. The molecule has 0 saturated carbocycles. The first-order chi connectivity index (χ1) is 9.58. The van der Waals surface area contributed by atoms with Crippen LogP contribution in [0.15, 0.2) is 10.6 Å². The van der Waals surface area contributed by atoms with E-state index in [-0.39, 0.29) is 0 Å². The van der Waals surface area contributed by atoms with Gasteiger partial charge in [0.05, 0.1) is 25.5 Å². The molecular weight excluding hydrogens is 258 g/mol. The molecule has 2 heterocycles. The second kappa shape index (κ2) is 7.17. The first kappa shape index (κ1) is 15.4. The Kier molecular flexibility index (Phi) is 5.54. The summed E-state index contributed by atoms with van der Waals surface area (Å²) in [6.07, 6.45) is 2.46. The van der Waals surface area contributed by atoms with Gasteiger partial charge in [-0.1, -0.05) is 0 Å². The summed E-state index contributed by atoms with van der Waals surface area (Å²) in [7, 11) is 3.71. The van der Waals surface area contributed by atoms with Crippen molar-refractivity contribution in [2.45, 2.75) is 32.0 Å². The molecule has 6 heteroatoms. The lowest BCUT2D eigenvalue weighted by atomic mass is 10.2. The molecule has 1 aliphatic rings. The molecule has 2 atom stereocenters. The summed E-state index contributed by atoms with van der Waals surface area (Å²) in [5.74, 6) is 1.62. The van der Waals surface area contributed by atoms with Crippen LogP contribution in [-0.4, -0.2) is 72.4 Å². The third-order valence-electron chi connectivity index (χ3n) is 3.75. The molecular formula is C14H25N3O3. The molecule has 1 aromatic rings. The molecule has 1 fully saturated rings. The number of rotatable bonds is 7. The average Bonchev–Trinajstić information content (AvgIpc) is 2.99. The Balaban J connectivity index is 1.77. The van der Waals surface area contributed by atoms with Crippen molar-refractivity contribution < 1.29 is 14.3 Å². The Morgan fingerprint density at radius 1 is 1.65 bits per heavy atom. The summed E-state index contributed by atoms with van der Waals surface area (Å²) >= 11 is 0. The van der Waals surface area contributed by atoms with Crippen LogP contribution in [0.5, 0.6) is 0 Å². The van der Waals surface area contributed by atoms with E-state index in [0.717, 1.165) is 37.7 Å². The average molecular weight is 283 g/mol. The highest BCUT2D eigenvalue weighted by atomic mass is 16.5. The van der Waals surface area contributed by atoms with E-state index in [2.05, 4.69) is 21.8 Å². The van der Waals surface area contributed by atoms with Gasteiger partial charge in [0.25, 0.3) is 0 Å². The first-order valence-corrected chi connectivity index (χ1v) is 7.09. The van der Waals surface area contributed by atoms with Crippen molar-refractivity contribution >= 4 is 0 Å². The number of methoxy groups -OCH3 is 1. The molecule has 0 aliphatic carbocycles. The van der Waals surface area contributed by atoms with Gasteiger partial charge in [0.2, 0.25) is 5.89 Å². The van der Waals surface area contributed by atoms with Crippen molar-refractivity contribution in [1.82, 2.24) is 14.8 Å². The number of hydrogen-bond donors (Lipinski definition) is 1. The molecule has 6 nitrogen and oxygen atoms in total. The maximum absolute atomic E-state index is 9.77. The zero-order valence-corrected chi connectivity index (χ0v) is 12.6. The summed E-state index contributed by atoms with van der Waals surface area (Å²) < 4.78 is 10.5. The number of likely N-dealkylation sites (N-methyl/N-ethyl adjacent to an activating group) is 1. The molecule has 0 radical (unpaired) electrons. The highest BCUT2D eigenvalue weighted by Crippen LogP contribution is 2.17. The van der Waals surface area contributed by atoms with Crippen molar-refractivity contribution in [2.24, 2.45) is 0 Å². The highest BCUT2D eigenvalue weighted by Gasteiger charge is 2.27. The smallest absolute Gasteiger partial charge is 0.208 e. The molecule has 0 unspecified atom stereocenters. The molecule has 114 valence electrons. The Labute approximate surface area is 120 Å². The van der Waals surface area contributed by atoms with Crippen LogP contribution in [-0.2, 0) is 11.3 Å². The number of aromatic nitrogens is 1. The van der Waals surface area contributed by atoms with Gasteiger partial charge in [-0.15, -0.1) is 0 Å². The third-order valence-corrected chi connectivity index (χ3v) is 3.75. The number of ether oxygens (including phenoxy) is 1. The van der Waals surface area contributed by atoms with Gasteiger partial charge in [0.1, 0.15) is 5.76 Å². The topological polar surface area (TPSA) is 62.0 Å². The van der Waals surface area contributed by atoms with Crippen molar-refractivity contribution in [3.05, 3.63) is 17.8 Å². The first-order valence-electron chi connectivity index (χ1n) is 7.09. The van der Waals surface area contributed by atoms with E-state index in [1.54, 1.807) is 13.3 Å². The van der Waals surface area contributed by atoms with Gasteiger partial charge < -0.3 is 14.3 Å². The summed E-state index contributed by atoms with van der Waals surface area (Å²) in [5, 5.41) is 9.77. The van der Waals surface area contributed by atoms with Crippen molar-refractivity contribution in [3.63, 3.8) is 0 Å². The van der Waals surface area contributed by atoms with E-state index in [1.807, 2.05) is 6.92 Å². The Hall–Kier alpha value is -0.950. The van der Waals surface area contributed by atoms with Crippen molar-refractivity contribution in [1.29, 1.82) is 0 Å². The lowest BCUT2D eigenvalue weighted by Gasteiger charge is -2.24. The SMILES string of the molecule is COC[C@H](O)CN1CC[C@H](N(C)Cc2ncc(C)o2)C1. The predicted octanol–water partition coefficient (Wildman–Crippen LogP) is 0.496. The molecule has 2 rings (SSSR count). The second-order valence-corrected chi connectivity index (χ2v) is 5.59. The molecule has 0 bridgehead atoms. The number of aliphatic hydroxyl groups is 1. The standard InChI is InChI=1S/C14H25N3O3/c1-11-6-15-14(20-11)9-16(2)12-4-5-17(7-12)8-13(18)10-19-3/h6,12-13,18H,4-5,7-10H2,1-3H3/t12-,13+/m0/s1. The highest BCUT2D eigenvalue weighted by molar-refractivity contribution is 4.92. The molecule has 1 aliphatic heterocycles. The van der Waals surface area contributed by atoms with E-state index < -0.39 is 6.10 Å². The van der Waals surface area contributed by atoms with Gasteiger partial charge in [0.15, 0.2) is 0 Å². The summed E-state index contributed by atoms with van der Waals surface area (Å²) in [6, 6.07) is 0.483. The predicted molar refractivity (Wildman–Crippen MR) is 75.4 cm³/mol. The van der Waals surface area contributed by atoms with E-state index in [0.29, 0.717) is 19.2 Å². The van der Waals surface area contributed by atoms with Crippen molar-refractivity contribution in [3.8, 4) is 0 Å².